The Morgan fingerprint density at radius 3 is 2.29 bits per heavy atom. The fraction of sp³-hybridized carbons (Fsp3) is 0.394. The van der Waals surface area contributed by atoms with Crippen LogP contribution in [0.25, 0.3) is 22.0 Å². The Morgan fingerprint density at radius 1 is 1.00 bits per heavy atom. The maximum atomic E-state index is 10.7. The molecule has 1 unspecified atom stereocenters. The van der Waals surface area contributed by atoms with Crippen LogP contribution in [0.5, 0.6) is 0 Å². The lowest BCUT2D eigenvalue weighted by Gasteiger charge is -2.22. The standard InChI is InChI=1S/C33H41N3O2/c1-22(2)19-31(26-9-7-24(8-10-26)20-34-18-17-32(37)38)36-30-16-15-28(23(3)29(30)21-35-36)25-11-13-27(14-12-25)33(4,5)6/h7-16,21-22,31,34H,17-20H2,1-6H3,(H,37,38). The van der Waals surface area contributed by atoms with Gasteiger partial charge in [0.25, 0.3) is 0 Å². The molecule has 0 saturated heterocycles. The molecule has 200 valence electrons. The second-order valence-corrected chi connectivity index (χ2v) is 11.8. The summed E-state index contributed by atoms with van der Waals surface area (Å²) in [5.74, 6) is -0.269. The number of benzene rings is 3. The third-order valence-electron chi connectivity index (χ3n) is 7.31. The summed E-state index contributed by atoms with van der Waals surface area (Å²) in [5, 5.41) is 18.1. The summed E-state index contributed by atoms with van der Waals surface area (Å²) in [7, 11) is 0. The lowest BCUT2D eigenvalue weighted by atomic mass is 9.86. The van der Waals surface area contributed by atoms with Crippen LogP contribution in [-0.4, -0.2) is 27.4 Å². The average Bonchev–Trinajstić information content (AvgIpc) is 3.30. The molecule has 0 aliphatic rings. The van der Waals surface area contributed by atoms with Crippen molar-refractivity contribution in [3.05, 3.63) is 89.1 Å². The number of nitrogens with one attached hydrogen (secondary N) is 1. The molecular formula is C33H41N3O2. The highest BCUT2D eigenvalue weighted by molar-refractivity contribution is 5.89. The van der Waals surface area contributed by atoms with Gasteiger partial charge in [-0.3, -0.25) is 9.48 Å². The van der Waals surface area contributed by atoms with Crippen LogP contribution in [0.4, 0.5) is 0 Å². The minimum absolute atomic E-state index is 0.129. The van der Waals surface area contributed by atoms with Gasteiger partial charge in [-0.1, -0.05) is 89.2 Å². The molecule has 0 spiro atoms. The van der Waals surface area contributed by atoms with E-state index in [0.717, 1.165) is 17.5 Å². The van der Waals surface area contributed by atoms with E-state index in [4.69, 9.17) is 10.2 Å². The molecule has 0 saturated carbocycles. The van der Waals surface area contributed by atoms with Crippen LogP contribution in [0, 0.1) is 12.8 Å². The monoisotopic (exact) mass is 511 g/mol. The van der Waals surface area contributed by atoms with Gasteiger partial charge in [0.05, 0.1) is 24.2 Å². The van der Waals surface area contributed by atoms with Gasteiger partial charge in [0.15, 0.2) is 0 Å². The Labute approximate surface area is 226 Å². The first-order valence-corrected chi connectivity index (χ1v) is 13.6. The topological polar surface area (TPSA) is 67.2 Å². The van der Waals surface area contributed by atoms with Crippen molar-refractivity contribution in [1.29, 1.82) is 0 Å². The van der Waals surface area contributed by atoms with Gasteiger partial charge in [0, 0.05) is 18.5 Å². The zero-order chi connectivity index (χ0) is 27.4. The maximum absolute atomic E-state index is 10.7. The Balaban J connectivity index is 1.62. The summed E-state index contributed by atoms with van der Waals surface area (Å²) in [6.07, 6.45) is 3.14. The second-order valence-electron chi connectivity index (χ2n) is 11.8. The molecule has 1 atom stereocenters. The number of carboxylic acids is 1. The molecule has 4 aromatic rings. The van der Waals surface area contributed by atoms with Crippen molar-refractivity contribution in [2.24, 2.45) is 5.92 Å². The van der Waals surface area contributed by atoms with E-state index in [0.29, 0.717) is 19.0 Å². The molecule has 0 fully saturated rings. The van der Waals surface area contributed by atoms with Gasteiger partial charge in [0.1, 0.15) is 0 Å². The van der Waals surface area contributed by atoms with E-state index in [1.165, 1.54) is 33.2 Å². The highest BCUT2D eigenvalue weighted by atomic mass is 16.4. The van der Waals surface area contributed by atoms with Crippen molar-refractivity contribution in [2.45, 2.75) is 72.4 Å². The lowest BCUT2D eigenvalue weighted by molar-refractivity contribution is -0.136. The maximum Gasteiger partial charge on any atom is 0.304 e. The zero-order valence-corrected chi connectivity index (χ0v) is 23.6. The van der Waals surface area contributed by atoms with Gasteiger partial charge in [-0.2, -0.15) is 5.10 Å². The van der Waals surface area contributed by atoms with Crippen LogP contribution in [0.3, 0.4) is 0 Å². The predicted molar refractivity (Wildman–Crippen MR) is 157 cm³/mol. The molecule has 0 amide bonds. The van der Waals surface area contributed by atoms with Crippen LogP contribution >= 0.6 is 0 Å². The number of nitrogens with zero attached hydrogens (tertiary/aromatic N) is 2. The number of hydrogen-bond donors (Lipinski definition) is 2. The smallest absolute Gasteiger partial charge is 0.304 e. The predicted octanol–water partition coefficient (Wildman–Crippen LogP) is 7.51. The zero-order valence-electron chi connectivity index (χ0n) is 23.6. The largest absolute Gasteiger partial charge is 0.481 e. The van der Waals surface area contributed by atoms with E-state index in [-0.39, 0.29) is 17.9 Å². The SMILES string of the molecule is Cc1c(-c2ccc(C(C)(C)C)cc2)ccc2c1cnn2C(CC(C)C)c1ccc(CNCCC(=O)O)cc1. The van der Waals surface area contributed by atoms with Crippen LogP contribution in [-0.2, 0) is 16.8 Å². The van der Waals surface area contributed by atoms with Crippen molar-refractivity contribution in [1.82, 2.24) is 15.1 Å². The fourth-order valence-electron chi connectivity index (χ4n) is 5.08. The fourth-order valence-corrected chi connectivity index (χ4v) is 5.08. The summed E-state index contributed by atoms with van der Waals surface area (Å²) < 4.78 is 2.19. The highest BCUT2D eigenvalue weighted by Crippen LogP contribution is 2.35. The van der Waals surface area contributed by atoms with Gasteiger partial charge in [-0.15, -0.1) is 0 Å². The summed E-state index contributed by atoms with van der Waals surface area (Å²) in [5.41, 5.74) is 8.74. The molecule has 0 radical (unpaired) electrons. The number of carbonyl (C=O) groups is 1. The quantitative estimate of drug-likeness (QED) is 0.216. The molecule has 1 heterocycles. The Kier molecular flexibility index (Phi) is 8.37. The van der Waals surface area contributed by atoms with Crippen LogP contribution in [0.1, 0.15) is 75.8 Å². The Hall–Kier alpha value is -3.44. The van der Waals surface area contributed by atoms with E-state index in [1.54, 1.807) is 0 Å². The van der Waals surface area contributed by atoms with E-state index in [1.807, 2.05) is 6.20 Å². The number of aromatic nitrogens is 2. The molecule has 0 aliphatic carbocycles. The molecule has 4 rings (SSSR count). The van der Waals surface area contributed by atoms with Crippen molar-refractivity contribution in [3.63, 3.8) is 0 Å². The number of aryl methyl sites for hydroxylation is 1. The molecule has 2 N–H and O–H groups in total. The molecule has 0 bridgehead atoms. The first-order valence-electron chi connectivity index (χ1n) is 13.6. The first kappa shape index (κ1) is 27.6. The summed E-state index contributed by atoms with van der Waals surface area (Å²) in [4.78, 5) is 10.7. The minimum Gasteiger partial charge on any atom is -0.481 e. The van der Waals surface area contributed by atoms with E-state index >= 15 is 0 Å². The van der Waals surface area contributed by atoms with Crippen molar-refractivity contribution in [3.8, 4) is 11.1 Å². The van der Waals surface area contributed by atoms with Crippen molar-refractivity contribution in [2.75, 3.05) is 6.54 Å². The number of aliphatic carboxylic acids is 1. The highest BCUT2D eigenvalue weighted by Gasteiger charge is 2.20. The van der Waals surface area contributed by atoms with Gasteiger partial charge in [-0.25, -0.2) is 0 Å². The van der Waals surface area contributed by atoms with E-state index in [2.05, 4.69) is 112 Å². The van der Waals surface area contributed by atoms with Crippen molar-refractivity contribution >= 4 is 16.9 Å². The third-order valence-corrected chi connectivity index (χ3v) is 7.31. The average molecular weight is 512 g/mol. The van der Waals surface area contributed by atoms with Crippen LogP contribution in [0.15, 0.2) is 66.9 Å². The molecule has 38 heavy (non-hydrogen) atoms. The third kappa shape index (κ3) is 6.33. The van der Waals surface area contributed by atoms with Gasteiger partial charge in [-0.05, 0) is 64.1 Å². The normalized spacial score (nSPS) is 12.8. The van der Waals surface area contributed by atoms with E-state index in [9.17, 15) is 4.79 Å². The van der Waals surface area contributed by atoms with Gasteiger partial charge >= 0.3 is 5.97 Å². The molecule has 1 aromatic heterocycles. The number of rotatable bonds is 10. The molecule has 0 aliphatic heterocycles. The Bertz CT molecular complexity index is 1380. The molecule has 5 heteroatoms. The second kappa shape index (κ2) is 11.5. The van der Waals surface area contributed by atoms with Crippen molar-refractivity contribution < 1.29 is 9.90 Å². The molecular weight excluding hydrogens is 470 g/mol. The summed E-state index contributed by atoms with van der Waals surface area (Å²) in [6, 6.07) is 22.2. The minimum atomic E-state index is -0.781. The number of carboxylic acid groups (broad SMARTS) is 1. The molecule has 3 aromatic carbocycles. The summed E-state index contributed by atoms with van der Waals surface area (Å²) in [6.45, 7) is 14.6. The van der Waals surface area contributed by atoms with Crippen LogP contribution in [0.2, 0.25) is 0 Å². The lowest BCUT2D eigenvalue weighted by Crippen LogP contribution is -2.18. The van der Waals surface area contributed by atoms with Crippen LogP contribution < -0.4 is 5.32 Å². The Morgan fingerprint density at radius 2 is 1.68 bits per heavy atom. The summed E-state index contributed by atoms with van der Waals surface area (Å²) >= 11 is 0. The van der Waals surface area contributed by atoms with Gasteiger partial charge < -0.3 is 10.4 Å². The number of hydrogen-bond acceptors (Lipinski definition) is 3. The molecule has 5 nitrogen and oxygen atoms in total. The first-order chi connectivity index (χ1) is 18.0. The number of fused-ring (bicyclic) bond motifs is 1. The van der Waals surface area contributed by atoms with Gasteiger partial charge in [0.2, 0.25) is 0 Å². The van der Waals surface area contributed by atoms with E-state index < -0.39 is 5.97 Å².